The summed E-state index contributed by atoms with van der Waals surface area (Å²) < 4.78 is 5.13. The molecule has 0 saturated carbocycles. The monoisotopic (exact) mass is 233 g/mol. The highest BCUT2D eigenvalue weighted by Gasteiger charge is 2.06. The lowest BCUT2D eigenvalue weighted by molar-refractivity contribution is 0.287. The molecule has 2 aromatic rings. The lowest BCUT2D eigenvalue weighted by Crippen LogP contribution is -2.02. The molecule has 0 unspecified atom stereocenters. The normalized spacial score (nSPS) is 10.7. The zero-order chi connectivity index (χ0) is 12.3. The average molecular weight is 233 g/mol. The Kier molecular flexibility index (Phi) is 3.39. The summed E-state index contributed by atoms with van der Waals surface area (Å²) in [5, 5.41) is 9.56. The van der Waals surface area contributed by atoms with E-state index in [1.165, 1.54) is 0 Å². The molecule has 0 spiro atoms. The minimum Gasteiger partial charge on any atom is -0.497 e. The van der Waals surface area contributed by atoms with Gasteiger partial charge in [0.15, 0.2) is 0 Å². The van der Waals surface area contributed by atoms with Gasteiger partial charge in [-0.15, -0.1) is 0 Å². The summed E-state index contributed by atoms with van der Waals surface area (Å²) in [5.41, 5.74) is 6.68. The number of aromatic nitrogens is 2. The van der Waals surface area contributed by atoms with Gasteiger partial charge in [-0.1, -0.05) is 0 Å². The number of benzene rings is 1. The van der Waals surface area contributed by atoms with Crippen LogP contribution in [0, 0.1) is 0 Å². The second kappa shape index (κ2) is 4.97. The first kappa shape index (κ1) is 11.6. The van der Waals surface area contributed by atoms with Crippen LogP contribution in [0.15, 0.2) is 18.2 Å². The molecule has 1 aromatic heterocycles. The van der Waals surface area contributed by atoms with E-state index in [2.05, 4.69) is 9.97 Å². The first-order valence-electron chi connectivity index (χ1n) is 5.45. The van der Waals surface area contributed by atoms with Crippen molar-refractivity contribution in [1.29, 1.82) is 0 Å². The van der Waals surface area contributed by atoms with E-state index in [9.17, 15) is 0 Å². The summed E-state index contributed by atoms with van der Waals surface area (Å²) in [6, 6.07) is 5.51. The summed E-state index contributed by atoms with van der Waals surface area (Å²) in [6.07, 6.45) is 1.27. The van der Waals surface area contributed by atoms with Crippen LogP contribution in [0.1, 0.15) is 12.2 Å². The van der Waals surface area contributed by atoms with Gasteiger partial charge in [0.25, 0.3) is 0 Å². The molecule has 0 fully saturated rings. The molecule has 0 aliphatic rings. The van der Waals surface area contributed by atoms with E-state index in [4.69, 9.17) is 15.6 Å². The highest BCUT2D eigenvalue weighted by molar-refractivity contribution is 5.89. The van der Waals surface area contributed by atoms with Crippen molar-refractivity contribution in [1.82, 2.24) is 9.97 Å². The van der Waals surface area contributed by atoms with Crippen LogP contribution < -0.4 is 10.5 Å². The van der Waals surface area contributed by atoms with Crippen molar-refractivity contribution in [3.8, 4) is 5.75 Å². The van der Waals surface area contributed by atoms with Crippen molar-refractivity contribution >= 4 is 16.7 Å². The number of nitrogen functional groups attached to an aromatic ring is 1. The number of aliphatic hydroxyl groups is 1. The van der Waals surface area contributed by atoms with Gasteiger partial charge in [-0.2, -0.15) is 0 Å². The SMILES string of the molecule is COc1ccc2nc(CCCO)nc(N)c2c1. The third kappa shape index (κ3) is 2.45. The number of ether oxygens (including phenoxy) is 1. The van der Waals surface area contributed by atoms with E-state index < -0.39 is 0 Å². The largest absolute Gasteiger partial charge is 0.497 e. The molecule has 0 radical (unpaired) electrons. The standard InChI is InChI=1S/C12H15N3O2/c1-17-8-4-5-10-9(7-8)12(13)15-11(14-10)3-2-6-16/h4-5,7,16H,2-3,6H2,1H3,(H2,13,14,15). The maximum Gasteiger partial charge on any atom is 0.135 e. The zero-order valence-corrected chi connectivity index (χ0v) is 9.68. The quantitative estimate of drug-likeness (QED) is 0.827. The molecule has 0 atom stereocenters. The van der Waals surface area contributed by atoms with E-state index in [1.807, 2.05) is 18.2 Å². The number of nitrogens with zero attached hydrogens (tertiary/aromatic N) is 2. The predicted octanol–water partition coefficient (Wildman–Crippen LogP) is 1.15. The van der Waals surface area contributed by atoms with Gasteiger partial charge in [0, 0.05) is 18.4 Å². The second-order valence-corrected chi connectivity index (χ2v) is 3.74. The second-order valence-electron chi connectivity index (χ2n) is 3.74. The third-order valence-electron chi connectivity index (χ3n) is 2.54. The van der Waals surface area contributed by atoms with Gasteiger partial charge >= 0.3 is 0 Å². The highest BCUT2D eigenvalue weighted by Crippen LogP contribution is 2.23. The fourth-order valence-corrected chi connectivity index (χ4v) is 1.66. The Morgan fingerprint density at radius 2 is 2.18 bits per heavy atom. The van der Waals surface area contributed by atoms with Crippen LogP contribution in [0.3, 0.4) is 0 Å². The van der Waals surface area contributed by atoms with Crippen LogP contribution in [0.2, 0.25) is 0 Å². The van der Waals surface area contributed by atoms with E-state index >= 15 is 0 Å². The summed E-state index contributed by atoms with van der Waals surface area (Å²) in [4.78, 5) is 8.61. The third-order valence-corrected chi connectivity index (χ3v) is 2.54. The number of hydrogen-bond donors (Lipinski definition) is 2. The van der Waals surface area contributed by atoms with Gasteiger partial charge in [0.1, 0.15) is 17.4 Å². The Morgan fingerprint density at radius 1 is 1.35 bits per heavy atom. The fourth-order valence-electron chi connectivity index (χ4n) is 1.66. The highest BCUT2D eigenvalue weighted by atomic mass is 16.5. The topological polar surface area (TPSA) is 81.3 Å². The first-order chi connectivity index (χ1) is 8.24. The molecule has 1 aromatic carbocycles. The summed E-state index contributed by atoms with van der Waals surface area (Å²) >= 11 is 0. The lowest BCUT2D eigenvalue weighted by atomic mass is 10.2. The number of hydrogen-bond acceptors (Lipinski definition) is 5. The first-order valence-corrected chi connectivity index (χ1v) is 5.45. The molecule has 0 saturated heterocycles. The van der Waals surface area contributed by atoms with Gasteiger partial charge in [-0.25, -0.2) is 9.97 Å². The lowest BCUT2D eigenvalue weighted by Gasteiger charge is -2.06. The number of aryl methyl sites for hydroxylation is 1. The van der Waals surface area contributed by atoms with Gasteiger partial charge in [0.05, 0.1) is 12.6 Å². The van der Waals surface area contributed by atoms with Crippen molar-refractivity contribution in [2.24, 2.45) is 0 Å². The molecular formula is C12H15N3O2. The predicted molar refractivity (Wildman–Crippen MR) is 65.9 cm³/mol. The molecule has 0 aliphatic heterocycles. The Hall–Kier alpha value is -1.88. The summed E-state index contributed by atoms with van der Waals surface area (Å²) in [5.74, 6) is 1.84. The maximum atomic E-state index is 8.78. The van der Waals surface area contributed by atoms with Crippen molar-refractivity contribution in [2.45, 2.75) is 12.8 Å². The Morgan fingerprint density at radius 3 is 2.88 bits per heavy atom. The number of methoxy groups -OCH3 is 1. The molecule has 0 bridgehead atoms. The van der Waals surface area contributed by atoms with Gasteiger partial charge < -0.3 is 15.6 Å². The molecule has 90 valence electrons. The van der Waals surface area contributed by atoms with Crippen LogP contribution in [-0.2, 0) is 6.42 Å². The van der Waals surface area contributed by atoms with E-state index in [1.54, 1.807) is 7.11 Å². The van der Waals surface area contributed by atoms with Crippen LogP contribution in [-0.4, -0.2) is 28.8 Å². The molecule has 0 aliphatic carbocycles. The minimum absolute atomic E-state index is 0.129. The van der Waals surface area contributed by atoms with Crippen molar-refractivity contribution in [2.75, 3.05) is 19.5 Å². The van der Waals surface area contributed by atoms with Gasteiger partial charge in [-0.3, -0.25) is 0 Å². The van der Waals surface area contributed by atoms with Crippen molar-refractivity contribution in [3.05, 3.63) is 24.0 Å². The van der Waals surface area contributed by atoms with Gasteiger partial charge in [-0.05, 0) is 24.6 Å². The fraction of sp³-hybridized carbons (Fsp3) is 0.333. The molecule has 1 heterocycles. The summed E-state index contributed by atoms with van der Waals surface area (Å²) in [7, 11) is 1.60. The number of aliphatic hydroxyl groups excluding tert-OH is 1. The number of rotatable bonds is 4. The summed E-state index contributed by atoms with van der Waals surface area (Å²) in [6.45, 7) is 0.129. The van der Waals surface area contributed by atoms with Crippen molar-refractivity contribution < 1.29 is 9.84 Å². The van der Waals surface area contributed by atoms with Crippen LogP contribution in [0.25, 0.3) is 10.9 Å². The van der Waals surface area contributed by atoms with Crippen LogP contribution in [0.4, 0.5) is 5.82 Å². The van der Waals surface area contributed by atoms with E-state index in [0.29, 0.717) is 24.5 Å². The molecule has 0 amide bonds. The smallest absolute Gasteiger partial charge is 0.135 e. The Labute approximate surface area is 99.3 Å². The molecule has 2 rings (SSSR count). The zero-order valence-electron chi connectivity index (χ0n) is 9.68. The molecule has 3 N–H and O–H groups in total. The van der Waals surface area contributed by atoms with Gasteiger partial charge in [0.2, 0.25) is 0 Å². The maximum absolute atomic E-state index is 8.78. The Balaban J connectivity index is 2.44. The molecular weight excluding hydrogens is 218 g/mol. The van der Waals surface area contributed by atoms with E-state index in [0.717, 1.165) is 16.7 Å². The van der Waals surface area contributed by atoms with Crippen LogP contribution >= 0.6 is 0 Å². The number of nitrogens with two attached hydrogens (primary N) is 1. The average Bonchev–Trinajstić information content (AvgIpc) is 2.36. The van der Waals surface area contributed by atoms with E-state index in [-0.39, 0.29) is 6.61 Å². The molecule has 17 heavy (non-hydrogen) atoms. The minimum atomic E-state index is 0.129. The molecule has 5 nitrogen and oxygen atoms in total. The molecule has 5 heteroatoms. The number of anilines is 1. The number of fused-ring (bicyclic) bond motifs is 1. The Bertz CT molecular complexity index is 528. The van der Waals surface area contributed by atoms with Crippen LogP contribution in [0.5, 0.6) is 5.75 Å². The van der Waals surface area contributed by atoms with Crippen molar-refractivity contribution in [3.63, 3.8) is 0 Å².